The van der Waals surface area contributed by atoms with E-state index < -0.39 is 0 Å². The molecule has 0 unspecified atom stereocenters. The zero-order valence-corrected chi connectivity index (χ0v) is 12.0. The number of aromatic nitrogens is 1. The summed E-state index contributed by atoms with van der Waals surface area (Å²) in [5.41, 5.74) is 0.960. The first-order valence-electron chi connectivity index (χ1n) is 6.89. The van der Waals surface area contributed by atoms with Gasteiger partial charge in [-0.05, 0) is 44.9 Å². The van der Waals surface area contributed by atoms with Crippen LogP contribution in [0.1, 0.15) is 38.8 Å². The van der Waals surface area contributed by atoms with Crippen molar-refractivity contribution >= 4 is 17.4 Å². The summed E-state index contributed by atoms with van der Waals surface area (Å²) in [7, 11) is 0. The normalized spacial score (nSPS) is 14.8. The van der Waals surface area contributed by atoms with Crippen LogP contribution >= 0.6 is 11.6 Å². The van der Waals surface area contributed by atoms with Crippen molar-refractivity contribution in [3.63, 3.8) is 0 Å². The van der Waals surface area contributed by atoms with Crippen molar-refractivity contribution in [2.24, 2.45) is 0 Å². The van der Waals surface area contributed by atoms with Crippen LogP contribution in [0.4, 0.5) is 5.82 Å². The Kier molecular flexibility index (Phi) is 4.84. The van der Waals surface area contributed by atoms with Crippen molar-refractivity contribution in [2.45, 2.75) is 45.7 Å². The average molecular weight is 268 g/mol. The van der Waals surface area contributed by atoms with Gasteiger partial charge in [-0.15, -0.1) is 0 Å². The fourth-order valence-electron chi connectivity index (χ4n) is 2.13. The van der Waals surface area contributed by atoms with E-state index in [1.165, 1.54) is 12.8 Å². The number of hydrogen-bond acceptors (Lipinski definition) is 3. The number of rotatable bonds is 7. The van der Waals surface area contributed by atoms with Gasteiger partial charge in [-0.2, -0.15) is 0 Å². The van der Waals surface area contributed by atoms with Crippen LogP contribution in [0.3, 0.4) is 0 Å². The second-order valence-corrected chi connectivity index (χ2v) is 5.20. The molecule has 100 valence electrons. The lowest BCUT2D eigenvalue weighted by Crippen LogP contribution is -2.26. The molecule has 0 aliphatic heterocycles. The zero-order chi connectivity index (χ0) is 13.0. The Balaban J connectivity index is 2.09. The van der Waals surface area contributed by atoms with Crippen LogP contribution in [0.2, 0.25) is 5.02 Å². The molecule has 0 bridgehead atoms. The van der Waals surface area contributed by atoms with Gasteiger partial charge in [-0.3, -0.25) is 0 Å². The van der Waals surface area contributed by atoms with Crippen molar-refractivity contribution in [3.8, 4) is 0 Å². The van der Waals surface area contributed by atoms with Gasteiger partial charge in [0, 0.05) is 19.1 Å². The van der Waals surface area contributed by atoms with Crippen LogP contribution in [-0.4, -0.2) is 24.1 Å². The Morgan fingerprint density at radius 1 is 1.39 bits per heavy atom. The third kappa shape index (κ3) is 3.36. The molecule has 1 heterocycles. The quantitative estimate of drug-likeness (QED) is 0.769. The SMILES string of the molecule is CCCNCc1nc(N(CC)C2CC2)ccc1Cl. The van der Waals surface area contributed by atoms with Gasteiger partial charge in [0.2, 0.25) is 0 Å². The molecule has 1 saturated carbocycles. The third-order valence-corrected chi connectivity index (χ3v) is 3.59. The molecule has 0 aromatic carbocycles. The molecular formula is C14H22ClN3. The van der Waals surface area contributed by atoms with Crippen LogP contribution in [0, 0.1) is 0 Å². The summed E-state index contributed by atoms with van der Waals surface area (Å²) < 4.78 is 0. The van der Waals surface area contributed by atoms with E-state index in [1.807, 2.05) is 12.1 Å². The summed E-state index contributed by atoms with van der Waals surface area (Å²) in [6.45, 7) is 7.11. The van der Waals surface area contributed by atoms with E-state index in [0.717, 1.165) is 42.6 Å². The van der Waals surface area contributed by atoms with Crippen molar-refractivity contribution in [1.82, 2.24) is 10.3 Å². The molecule has 0 amide bonds. The standard InChI is InChI=1S/C14H22ClN3/c1-3-9-16-10-13-12(15)7-8-14(17-13)18(4-2)11-5-6-11/h7-8,11,16H,3-6,9-10H2,1-2H3. The van der Waals surface area contributed by atoms with E-state index in [0.29, 0.717) is 6.04 Å². The fourth-order valence-corrected chi connectivity index (χ4v) is 2.31. The van der Waals surface area contributed by atoms with Crippen LogP contribution in [0.5, 0.6) is 0 Å². The number of pyridine rings is 1. The molecule has 0 saturated heterocycles. The molecule has 1 aromatic heterocycles. The Morgan fingerprint density at radius 3 is 2.78 bits per heavy atom. The molecule has 1 aromatic rings. The molecule has 1 fully saturated rings. The van der Waals surface area contributed by atoms with Crippen molar-refractivity contribution in [2.75, 3.05) is 18.0 Å². The van der Waals surface area contributed by atoms with Gasteiger partial charge in [0.05, 0.1) is 10.7 Å². The van der Waals surface area contributed by atoms with E-state index in [9.17, 15) is 0 Å². The van der Waals surface area contributed by atoms with E-state index in [1.54, 1.807) is 0 Å². The monoisotopic (exact) mass is 267 g/mol. The minimum atomic E-state index is 0.695. The highest BCUT2D eigenvalue weighted by Crippen LogP contribution is 2.31. The number of nitrogens with one attached hydrogen (secondary N) is 1. The van der Waals surface area contributed by atoms with Gasteiger partial charge in [-0.1, -0.05) is 18.5 Å². The fraction of sp³-hybridized carbons (Fsp3) is 0.643. The Bertz CT molecular complexity index is 391. The maximum absolute atomic E-state index is 6.20. The Morgan fingerprint density at radius 2 is 2.17 bits per heavy atom. The minimum absolute atomic E-state index is 0.695. The summed E-state index contributed by atoms with van der Waals surface area (Å²) in [6, 6.07) is 4.70. The molecule has 0 spiro atoms. The Hall–Kier alpha value is -0.800. The highest BCUT2D eigenvalue weighted by molar-refractivity contribution is 6.31. The number of hydrogen-bond donors (Lipinski definition) is 1. The Labute approximate surface area is 115 Å². The summed E-state index contributed by atoms with van der Waals surface area (Å²) in [5.74, 6) is 1.07. The molecule has 1 aliphatic carbocycles. The topological polar surface area (TPSA) is 28.2 Å². The average Bonchev–Trinajstić information content (AvgIpc) is 3.18. The van der Waals surface area contributed by atoms with Crippen LogP contribution in [-0.2, 0) is 6.54 Å². The molecular weight excluding hydrogens is 246 g/mol. The molecule has 1 aliphatic rings. The van der Waals surface area contributed by atoms with Gasteiger partial charge in [0.25, 0.3) is 0 Å². The van der Waals surface area contributed by atoms with Gasteiger partial charge in [-0.25, -0.2) is 4.98 Å². The zero-order valence-electron chi connectivity index (χ0n) is 11.2. The predicted molar refractivity (Wildman–Crippen MR) is 77.3 cm³/mol. The largest absolute Gasteiger partial charge is 0.354 e. The summed E-state index contributed by atoms with van der Waals surface area (Å²) in [4.78, 5) is 7.08. The van der Waals surface area contributed by atoms with Gasteiger partial charge < -0.3 is 10.2 Å². The van der Waals surface area contributed by atoms with E-state index >= 15 is 0 Å². The first kappa shape index (κ1) is 13.6. The van der Waals surface area contributed by atoms with Crippen LogP contribution < -0.4 is 10.2 Å². The lowest BCUT2D eigenvalue weighted by Gasteiger charge is -2.22. The number of halogens is 1. The third-order valence-electron chi connectivity index (χ3n) is 3.25. The van der Waals surface area contributed by atoms with Crippen molar-refractivity contribution < 1.29 is 0 Å². The van der Waals surface area contributed by atoms with Gasteiger partial charge >= 0.3 is 0 Å². The maximum Gasteiger partial charge on any atom is 0.129 e. The summed E-state index contributed by atoms with van der Waals surface area (Å²) in [5, 5.41) is 4.11. The lowest BCUT2D eigenvalue weighted by atomic mass is 10.3. The molecule has 3 nitrogen and oxygen atoms in total. The summed E-state index contributed by atoms with van der Waals surface area (Å²) >= 11 is 6.20. The van der Waals surface area contributed by atoms with Crippen molar-refractivity contribution in [3.05, 3.63) is 22.8 Å². The van der Waals surface area contributed by atoms with Crippen molar-refractivity contribution in [1.29, 1.82) is 0 Å². The van der Waals surface area contributed by atoms with Crippen LogP contribution in [0.25, 0.3) is 0 Å². The minimum Gasteiger partial charge on any atom is -0.354 e. The van der Waals surface area contributed by atoms with Gasteiger partial charge in [0.15, 0.2) is 0 Å². The highest BCUT2D eigenvalue weighted by atomic mass is 35.5. The molecule has 18 heavy (non-hydrogen) atoms. The molecule has 0 atom stereocenters. The molecule has 4 heteroatoms. The predicted octanol–water partition coefficient (Wildman–Crippen LogP) is 3.22. The second-order valence-electron chi connectivity index (χ2n) is 4.79. The first-order valence-corrected chi connectivity index (χ1v) is 7.26. The molecule has 0 radical (unpaired) electrons. The lowest BCUT2D eigenvalue weighted by molar-refractivity contribution is 0.662. The molecule has 1 N–H and O–H groups in total. The van der Waals surface area contributed by atoms with E-state index in [2.05, 4.69) is 24.1 Å². The summed E-state index contributed by atoms with van der Waals surface area (Å²) in [6.07, 6.45) is 3.71. The number of anilines is 1. The maximum atomic E-state index is 6.20. The van der Waals surface area contributed by atoms with Crippen LogP contribution in [0.15, 0.2) is 12.1 Å². The van der Waals surface area contributed by atoms with E-state index in [4.69, 9.17) is 16.6 Å². The highest BCUT2D eigenvalue weighted by Gasteiger charge is 2.29. The second kappa shape index (κ2) is 6.39. The van der Waals surface area contributed by atoms with E-state index in [-0.39, 0.29) is 0 Å². The first-order chi connectivity index (χ1) is 8.76. The smallest absolute Gasteiger partial charge is 0.129 e. The van der Waals surface area contributed by atoms with Gasteiger partial charge in [0.1, 0.15) is 5.82 Å². The molecule has 2 rings (SSSR count). The number of nitrogens with zero attached hydrogens (tertiary/aromatic N) is 2.